The number of nitrogens with one attached hydrogen (secondary N) is 2. The molecular weight excluding hydrogens is 414 g/mol. The van der Waals surface area contributed by atoms with Gasteiger partial charge in [-0.05, 0) is 62.6 Å². The summed E-state index contributed by atoms with van der Waals surface area (Å²) in [6.07, 6.45) is 4.91. The van der Waals surface area contributed by atoms with Crippen LogP contribution in [0.3, 0.4) is 0 Å². The summed E-state index contributed by atoms with van der Waals surface area (Å²) < 4.78 is 5.34. The number of amides is 2. The molecule has 0 saturated heterocycles. The molecule has 0 bridgehead atoms. The third-order valence-corrected chi connectivity index (χ3v) is 5.81. The van der Waals surface area contributed by atoms with E-state index in [1.54, 1.807) is 30.3 Å². The minimum Gasteiger partial charge on any atom is -0.465 e. The molecule has 0 radical (unpaired) electrons. The van der Waals surface area contributed by atoms with Crippen LogP contribution in [0.2, 0.25) is 0 Å². The molecule has 6 nitrogen and oxygen atoms in total. The third kappa shape index (κ3) is 5.52. The maximum Gasteiger partial charge on any atom is 0.267 e. The van der Waals surface area contributed by atoms with E-state index in [4.69, 9.17) is 4.42 Å². The standard InChI is InChI=1S/C27H29N3O3/c1-19-8-5-10-22(16-19)26(31)29-24(18-23-11-6-15-33-23)27(32)28-13-7-14-30-20(2)17-21-9-3-4-12-25(21)30/h3-6,8-12,15-16,18,20H,7,13-14,17H2,1-2H3,(H,28,32)(H,29,31)/b24-18-/t20-/m1/s1. The van der Waals surface area contributed by atoms with Crippen molar-refractivity contribution in [3.05, 3.63) is 95.1 Å². The van der Waals surface area contributed by atoms with E-state index in [-0.39, 0.29) is 17.5 Å². The first-order valence-corrected chi connectivity index (χ1v) is 11.3. The Morgan fingerprint density at radius 1 is 1.12 bits per heavy atom. The van der Waals surface area contributed by atoms with Crippen molar-refractivity contribution >= 4 is 23.6 Å². The van der Waals surface area contributed by atoms with Crippen molar-refractivity contribution in [1.29, 1.82) is 0 Å². The molecule has 2 heterocycles. The highest BCUT2D eigenvalue weighted by Crippen LogP contribution is 2.31. The highest BCUT2D eigenvalue weighted by atomic mass is 16.3. The Kier molecular flexibility index (Phi) is 6.93. The van der Waals surface area contributed by atoms with Crippen molar-refractivity contribution in [2.45, 2.75) is 32.7 Å². The molecule has 1 atom stereocenters. The molecule has 170 valence electrons. The molecule has 6 heteroatoms. The van der Waals surface area contributed by atoms with Crippen LogP contribution >= 0.6 is 0 Å². The fourth-order valence-corrected chi connectivity index (χ4v) is 4.17. The van der Waals surface area contributed by atoms with E-state index in [2.05, 4.69) is 46.7 Å². The molecule has 2 aromatic carbocycles. The normalized spacial score (nSPS) is 15.3. The van der Waals surface area contributed by atoms with Gasteiger partial charge in [0.05, 0.1) is 6.26 Å². The second kappa shape index (κ2) is 10.2. The molecule has 0 spiro atoms. The summed E-state index contributed by atoms with van der Waals surface area (Å²) in [7, 11) is 0. The minimum atomic E-state index is -0.345. The van der Waals surface area contributed by atoms with Gasteiger partial charge in [0.1, 0.15) is 11.5 Å². The van der Waals surface area contributed by atoms with Crippen LogP contribution < -0.4 is 15.5 Å². The van der Waals surface area contributed by atoms with Crippen LogP contribution in [0.25, 0.3) is 6.08 Å². The number of hydrogen-bond donors (Lipinski definition) is 2. The van der Waals surface area contributed by atoms with Gasteiger partial charge in [-0.1, -0.05) is 35.9 Å². The predicted octanol–water partition coefficient (Wildman–Crippen LogP) is 4.32. The molecule has 1 aliphatic rings. The van der Waals surface area contributed by atoms with Crippen LogP contribution in [0.1, 0.15) is 40.6 Å². The number of fused-ring (bicyclic) bond motifs is 1. The van der Waals surface area contributed by atoms with Crippen molar-refractivity contribution in [3.8, 4) is 0 Å². The van der Waals surface area contributed by atoms with E-state index in [1.807, 2.05) is 19.1 Å². The Morgan fingerprint density at radius 3 is 2.76 bits per heavy atom. The van der Waals surface area contributed by atoms with Crippen LogP contribution in [-0.4, -0.2) is 30.9 Å². The fraction of sp³-hybridized carbons (Fsp3) is 0.259. The lowest BCUT2D eigenvalue weighted by Crippen LogP contribution is -2.37. The molecular formula is C27H29N3O3. The van der Waals surface area contributed by atoms with Crippen LogP contribution in [0.5, 0.6) is 0 Å². The summed E-state index contributed by atoms with van der Waals surface area (Å²) in [6, 6.07) is 19.6. The quantitative estimate of drug-likeness (QED) is 0.402. The lowest BCUT2D eigenvalue weighted by molar-refractivity contribution is -0.117. The Balaban J connectivity index is 1.37. The number of para-hydroxylation sites is 1. The largest absolute Gasteiger partial charge is 0.465 e. The summed E-state index contributed by atoms with van der Waals surface area (Å²) in [5, 5.41) is 5.68. The highest BCUT2D eigenvalue weighted by molar-refractivity contribution is 6.05. The molecule has 2 amide bonds. The van der Waals surface area contributed by atoms with Gasteiger partial charge in [-0.3, -0.25) is 9.59 Å². The van der Waals surface area contributed by atoms with Crippen LogP contribution in [0, 0.1) is 6.92 Å². The maximum atomic E-state index is 12.9. The number of nitrogens with zero attached hydrogens (tertiary/aromatic N) is 1. The first kappa shape index (κ1) is 22.4. The molecule has 3 aromatic rings. The molecule has 0 fully saturated rings. The van der Waals surface area contributed by atoms with Gasteiger partial charge in [-0.2, -0.15) is 0 Å². The van der Waals surface area contributed by atoms with E-state index < -0.39 is 0 Å². The lowest BCUT2D eigenvalue weighted by atomic mass is 10.1. The summed E-state index contributed by atoms with van der Waals surface area (Å²) in [5.74, 6) is -0.191. The molecule has 0 unspecified atom stereocenters. The van der Waals surface area contributed by atoms with Gasteiger partial charge >= 0.3 is 0 Å². The molecule has 4 rings (SSSR count). The summed E-state index contributed by atoms with van der Waals surface area (Å²) >= 11 is 0. The lowest BCUT2D eigenvalue weighted by Gasteiger charge is -2.25. The van der Waals surface area contributed by atoms with Crippen molar-refractivity contribution in [2.75, 3.05) is 18.0 Å². The van der Waals surface area contributed by atoms with Gasteiger partial charge in [-0.15, -0.1) is 0 Å². The second-order valence-electron chi connectivity index (χ2n) is 8.38. The van der Waals surface area contributed by atoms with Crippen LogP contribution in [0.15, 0.2) is 77.0 Å². The average Bonchev–Trinajstić information content (AvgIpc) is 3.43. The fourth-order valence-electron chi connectivity index (χ4n) is 4.17. The van der Waals surface area contributed by atoms with E-state index in [0.717, 1.165) is 24.9 Å². The smallest absolute Gasteiger partial charge is 0.267 e. The van der Waals surface area contributed by atoms with Gasteiger partial charge < -0.3 is 20.0 Å². The van der Waals surface area contributed by atoms with Gasteiger partial charge in [0, 0.05) is 36.5 Å². The molecule has 1 aliphatic heterocycles. The third-order valence-electron chi connectivity index (χ3n) is 5.81. The SMILES string of the molecule is Cc1cccc(C(=O)N/C(=C\c2ccco2)C(=O)NCCCN2c3ccccc3C[C@H]2C)c1. The topological polar surface area (TPSA) is 74.6 Å². The van der Waals surface area contributed by atoms with E-state index in [1.165, 1.54) is 17.5 Å². The zero-order chi connectivity index (χ0) is 23.2. The summed E-state index contributed by atoms with van der Waals surface area (Å²) in [4.78, 5) is 28.0. The molecule has 0 saturated carbocycles. The number of anilines is 1. The van der Waals surface area contributed by atoms with Gasteiger partial charge in [0.25, 0.3) is 11.8 Å². The van der Waals surface area contributed by atoms with Gasteiger partial charge in [0.15, 0.2) is 0 Å². The number of hydrogen-bond acceptors (Lipinski definition) is 4. The summed E-state index contributed by atoms with van der Waals surface area (Å²) in [6.45, 7) is 5.50. The number of aryl methyl sites for hydroxylation is 1. The number of carbonyl (C=O) groups excluding carboxylic acids is 2. The first-order chi connectivity index (χ1) is 16.0. The van der Waals surface area contributed by atoms with Crippen molar-refractivity contribution in [1.82, 2.24) is 10.6 Å². The first-order valence-electron chi connectivity index (χ1n) is 11.3. The average molecular weight is 444 g/mol. The monoisotopic (exact) mass is 443 g/mol. The van der Waals surface area contributed by atoms with Crippen molar-refractivity contribution in [3.63, 3.8) is 0 Å². The van der Waals surface area contributed by atoms with Gasteiger partial charge in [0.2, 0.25) is 0 Å². The van der Waals surface area contributed by atoms with Gasteiger partial charge in [-0.25, -0.2) is 0 Å². The Labute approximate surface area is 194 Å². The number of carbonyl (C=O) groups is 2. The molecule has 33 heavy (non-hydrogen) atoms. The number of furan rings is 1. The summed E-state index contributed by atoms with van der Waals surface area (Å²) in [5.41, 5.74) is 4.27. The molecule has 1 aromatic heterocycles. The Morgan fingerprint density at radius 2 is 1.97 bits per heavy atom. The zero-order valence-corrected chi connectivity index (χ0v) is 19.0. The zero-order valence-electron chi connectivity index (χ0n) is 19.0. The molecule has 0 aliphatic carbocycles. The second-order valence-corrected chi connectivity index (χ2v) is 8.38. The molecule has 2 N–H and O–H groups in total. The Bertz CT molecular complexity index is 1150. The van der Waals surface area contributed by atoms with E-state index >= 15 is 0 Å². The highest BCUT2D eigenvalue weighted by Gasteiger charge is 2.24. The predicted molar refractivity (Wildman–Crippen MR) is 130 cm³/mol. The van der Waals surface area contributed by atoms with Crippen molar-refractivity contribution in [2.24, 2.45) is 0 Å². The van der Waals surface area contributed by atoms with E-state index in [9.17, 15) is 9.59 Å². The minimum absolute atomic E-state index is 0.149. The number of rotatable bonds is 8. The van der Waals surface area contributed by atoms with Crippen LogP contribution in [-0.2, 0) is 11.2 Å². The maximum absolute atomic E-state index is 12.9. The van der Waals surface area contributed by atoms with Crippen LogP contribution in [0.4, 0.5) is 5.69 Å². The van der Waals surface area contributed by atoms with Crippen molar-refractivity contribution < 1.29 is 14.0 Å². The number of benzene rings is 2. The Hall–Kier alpha value is -3.80. The van der Waals surface area contributed by atoms with E-state index in [0.29, 0.717) is 23.9 Å².